The Balaban J connectivity index is 1.62. The number of benzene rings is 2. The molecule has 0 aliphatic carbocycles. The lowest BCUT2D eigenvalue weighted by atomic mass is 9.94. The average molecular weight is 383 g/mol. The number of fused-ring (bicyclic) bond motifs is 1. The molecule has 0 saturated carbocycles. The van der Waals surface area contributed by atoms with Crippen LogP contribution in [0, 0.1) is 0 Å². The fourth-order valence-electron chi connectivity index (χ4n) is 3.10. The van der Waals surface area contributed by atoms with E-state index in [1.165, 1.54) is 23.3 Å². The van der Waals surface area contributed by atoms with Gasteiger partial charge in [0.15, 0.2) is 0 Å². The van der Waals surface area contributed by atoms with Crippen LogP contribution < -0.4 is 5.32 Å². The highest BCUT2D eigenvalue weighted by atomic mass is 35.5. The molecule has 1 N–H and O–H groups in total. The molecule has 0 spiro atoms. The van der Waals surface area contributed by atoms with Crippen LogP contribution in [0.1, 0.15) is 27.0 Å². The second-order valence-electron chi connectivity index (χ2n) is 6.47. The van der Waals surface area contributed by atoms with Crippen LogP contribution in [0.15, 0.2) is 42.5 Å². The number of hydrogen-bond donors (Lipinski definition) is 1. The number of alkyl halides is 3. The summed E-state index contributed by atoms with van der Waals surface area (Å²) in [6.07, 6.45) is -3.63. The Morgan fingerprint density at radius 1 is 1.19 bits per heavy atom. The van der Waals surface area contributed by atoms with Gasteiger partial charge in [-0.05, 0) is 61.0 Å². The summed E-state index contributed by atoms with van der Waals surface area (Å²) in [5.41, 5.74) is 1.81. The molecule has 1 amide bonds. The molecule has 3 nitrogen and oxygen atoms in total. The lowest BCUT2D eigenvalue weighted by molar-refractivity contribution is -0.137. The van der Waals surface area contributed by atoms with Gasteiger partial charge in [-0.15, -0.1) is 0 Å². The summed E-state index contributed by atoms with van der Waals surface area (Å²) in [7, 11) is 1.97. The highest BCUT2D eigenvalue weighted by Crippen LogP contribution is 2.29. The molecule has 1 aliphatic heterocycles. The molecule has 0 fully saturated rings. The number of halogens is 4. The van der Waals surface area contributed by atoms with E-state index < -0.39 is 11.7 Å². The van der Waals surface area contributed by atoms with Crippen molar-refractivity contribution in [2.45, 2.75) is 25.2 Å². The monoisotopic (exact) mass is 382 g/mol. The van der Waals surface area contributed by atoms with Gasteiger partial charge in [-0.2, -0.15) is 13.2 Å². The minimum atomic E-state index is -4.41. The van der Waals surface area contributed by atoms with Crippen LogP contribution in [-0.4, -0.2) is 30.4 Å². The van der Waals surface area contributed by atoms with E-state index in [0.29, 0.717) is 11.6 Å². The minimum absolute atomic E-state index is 0.113. The third-order valence-corrected chi connectivity index (χ3v) is 4.87. The number of nitrogens with one attached hydrogen (secondary N) is 1. The zero-order chi connectivity index (χ0) is 18.9. The van der Waals surface area contributed by atoms with Gasteiger partial charge in [0.1, 0.15) is 0 Å². The van der Waals surface area contributed by atoms with E-state index in [1.807, 2.05) is 25.2 Å². The molecule has 1 atom stereocenters. The first-order chi connectivity index (χ1) is 12.2. The van der Waals surface area contributed by atoms with Crippen LogP contribution in [0.25, 0.3) is 0 Å². The van der Waals surface area contributed by atoms with Crippen molar-refractivity contribution in [3.05, 3.63) is 69.7 Å². The summed E-state index contributed by atoms with van der Waals surface area (Å²) in [4.78, 5) is 14.3. The first-order valence-corrected chi connectivity index (χ1v) is 8.55. The van der Waals surface area contributed by atoms with Crippen molar-refractivity contribution in [1.29, 1.82) is 0 Å². The fourth-order valence-corrected chi connectivity index (χ4v) is 3.29. The number of nitrogens with zero attached hydrogens (tertiary/aromatic N) is 1. The lowest BCUT2D eigenvalue weighted by Gasteiger charge is -2.34. The standard InChI is InChI=1S/C19H18ClF3N2O/c1-25-11-14-8-16(20)7-4-13(14)9-17(25)10-24-18(26)12-2-5-15(6-3-12)19(21,22)23/h2-8,17H,9-11H2,1H3,(H,24,26)/t17-/m0/s1. The van der Waals surface area contributed by atoms with Gasteiger partial charge in [-0.3, -0.25) is 9.69 Å². The molecular weight excluding hydrogens is 365 g/mol. The van der Waals surface area contributed by atoms with Crippen LogP contribution in [0.5, 0.6) is 0 Å². The van der Waals surface area contributed by atoms with E-state index in [-0.39, 0.29) is 17.5 Å². The molecule has 3 rings (SSSR count). The van der Waals surface area contributed by atoms with Gasteiger partial charge in [-0.25, -0.2) is 0 Å². The quantitative estimate of drug-likeness (QED) is 0.865. The van der Waals surface area contributed by atoms with Gasteiger partial charge in [0.05, 0.1) is 5.56 Å². The molecule has 2 aromatic rings. The Morgan fingerprint density at radius 3 is 2.54 bits per heavy atom. The number of rotatable bonds is 3. The predicted molar refractivity (Wildman–Crippen MR) is 94.2 cm³/mol. The number of carbonyl (C=O) groups excluding carboxylic acids is 1. The fraction of sp³-hybridized carbons (Fsp3) is 0.316. The van der Waals surface area contributed by atoms with Crippen molar-refractivity contribution in [3.8, 4) is 0 Å². The highest BCUT2D eigenvalue weighted by molar-refractivity contribution is 6.30. The zero-order valence-electron chi connectivity index (χ0n) is 14.1. The Kier molecular flexibility index (Phi) is 5.25. The molecule has 7 heteroatoms. The van der Waals surface area contributed by atoms with Crippen molar-refractivity contribution < 1.29 is 18.0 Å². The summed E-state index contributed by atoms with van der Waals surface area (Å²) >= 11 is 6.02. The summed E-state index contributed by atoms with van der Waals surface area (Å²) in [6, 6.07) is 10.1. The van der Waals surface area contributed by atoms with Gasteiger partial charge >= 0.3 is 6.18 Å². The first kappa shape index (κ1) is 18.7. The Labute approximate surface area is 154 Å². The van der Waals surface area contributed by atoms with Crippen molar-refractivity contribution in [2.75, 3.05) is 13.6 Å². The normalized spacial score (nSPS) is 17.7. The molecule has 2 aromatic carbocycles. The smallest absolute Gasteiger partial charge is 0.350 e. The van der Waals surface area contributed by atoms with E-state index in [0.717, 1.165) is 25.1 Å². The molecule has 138 valence electrons. The van der Waals surface area contributed by atoms with Crippen molar-refractivity contribution >= 4 is 17.5 Å². The third-order valence-electron chi connectivity index (χ3n) is 4.64. The van der Waals surface area contributed by atoms with Crippen molar-refractivity contribution in [3.63, 3.8) is 0 Å². The van der Waals surface area contributed by atoms with Gasteiger partial charge < -0.3 is 5.32 Å². The Bertz CT molecular complexity index is 805. The lowest BCUT2D eigenvalue weighted by Crippen LogP contribution is -2.45. The number of carbonyl (C=O) groups is 1. The maximum absolute atomic E-state index is 12.6. The van der Waals surface area contributed by atoms with E-state index in [9.17, 15) is 18.0 Å². The number of likely N-dealkylation sites (N-methyl/N-ethyl adjacent to an activating group) is 1. The van der Waals surface area contributed by atoms with E-state index in [4.69, 9.17) is 11.6 Å². The molecule has 0 bridgehead atoms. The number of amides is 1. The summed E-state index contributed by atoms with van der Waals surface area (Å²) < 4.78 is 37.8. The van der Waals surface area contributed by atoms with E-state index >= 15 is 0 Å². The second kappa shape index (κ2) is 7.29. The predicted octanol–water partition coefficient (Wildman–Crippen LogP) is 4.15. The molecule has 0 unspecified atom stereocenters. The maximum Gasteiger partial charge on any atom is 0.416 e. The Morgan fingerprint density at radius 2 is 1.88 bits per heavy atom. The van der Waals surface area contributed by atoms with E-state index in [1.54, 1.807) is 0 Å². The van der Waals surface area contributed by atoms with Crippen LogP contribution in [0.3, 0.4) is 0 Å². The minimum Gasteiger partial charge on any atom is -0.350 e. The van der Waals surface area contributed by atoms with Gasteiger partial charge in [-0.1, -0.05) is 17.7 Å². The third kappa shape index (κ3) is 4.19. The van der Waals surface area contributed by atoms with Crippen molar-refractivity contribution in [1.82, 2.24) is 10.2 Å². The molecular formula is C19H18ClF3N2O. The molecule has 1 heterocycles. The highest BCUT2D eigenvalue weighted by Gasteiger charge is 2.30. The van der Waals surface area contributed by atoms with Gasteiger partial charge in [0.2, 0.25) is 0 Å². The molecule has 26 heavy (non-hydrogen) atoms. The summed E-state index contributed by atoms with van der Waals surface area (Å²) in [5, 5.41) is 3.51. The van der Waals surface area contributed by atoms with E-state index in [2.05, 4.69) is 10.2 Å². The Hall–Kier alpha value is -2.05. The summed E-state index contributed by atoms with van der Waals surface area (Å²) in [6.45, 7) is 1.15. The average Bonchev–Trinajstić information content (AvgIpc) is 2.59. The van der Waals surface area contributed by atoms with Crippen LogP contribution >= 0.6 is 11.6 Å². The zero-order valence-corrected chi connectivity index (χ0v) is 14.9. The first-order valence-electron chi connectivity index (χ1n) is 8.17. The maximum atomic E-state index is 12.6. The summed E-state index contributed by atoms with van der Waals surface area (Å²) in [5.74, 6) is -0.381. The van der Waals surface area contributed by atoms with Crippen molar-refractivity contribution in [2.24, 2.45) is 0 Å². The largest absolute Gasteiger partial charge is 0.416 e. The SMILES string of the molecule is CN1Cc2cc(Cl)ccc2C[C@H]1CNC(=O)c1ccc(C(F)(F)F)cc1. The van der Waals surface area contributed by atoms with Crippen LogP contribution in [0.2, 0.25) is 5.02 Å². The molecule has 0 radical (unpaired) electrons. The molecule has 0 aromatic heterocycles. The molecule has 0 saturated heterocycles. The van der Waals surface area contributed by atoms with Gasteiger partial charge in [0.25, 0.3) is 5.91 Å². The van der Waals surface area contributed by atoms with Crippen LogP contribution in [-0.2, 0) is 19.1 Å². The van der Waals surface area contributed by atoms with Gasteiger partial charge in [0, 0.05) is 29.7 Å². The topological polar surface area (TPSA) is 32.3 Å². The molecule has 1 aliphatic rings. The second-order valence-corrected chi connectivity index (χ2v) is 6.91. The number of hydrogen-bond acceptors (Lipinski definition) is 2. The van der Waals surface area contributed by atoms with Crippen LogP contribution in [0.4, 0.5) is 13.2 Å².